The minimum Gasteiger partial charge on any atom is -0.427 e. The molecule has 0 aromatic carbocycles. The topological polar surface area (TPSA) is 202 Å². The third kappa shape index (κ3) is 4.85. The average molecular weight is 522 g/mol. The number of aliphatic hydroxyl groups excluding tert-OH is 8. The van der Waals surface area contributed by atoms with Crippen LogP contribution in [0.25, 0.3) is 0 Å². The van der Waals surface area contributed by atoms with Gasteiger partial charge < -0.3 is 59.8 Å². The summed E-state index contributed by atoms with van der Waals surface area (Å²) in [6, 6.07) is 0. The van der Waals surface area contributed by atoms with Crippen molar-refractivity contribution in [1.29, 1.82) is 0 Å². The molecular weight excluding hydrogens is 480 g/mol. The molecule has 5 fully saturated rings. The van der Waals surface area contributed by atoms with Crippen molar-refractivity contribution in [2.45, 2.75) is 125 Å². The van der Waals surface area contributed by atoms with E-state index in [0.717, 1.165) is 0 Å². The van der Waals surface area contributed by atoms with E-state index < -0.39 is 73.9 Å². The van der Waals surface area contributed by atoms with E-state index in [9.17, 15) is 40.9 Å². The van der Waals surface area contributed by atoms with Crippen LogP contribution in [0.3, 0.4) is 0 Å². The molecule has 0 radical (unpaired) electrons. The first-order valence-corrected chi connectivity index (χ1v) is 13.1. The molecule has 36 heavy (non-hydrogen) atoms. The maximum atomic E-state index is 10.7. The normalized spacial score (nSPS) is 57.8. The lowest BCUT2D eigenvalue weighted by atomic mass is 9.64. The zero-order chi connectivity index (χ0) is 25.9. The highest BCUT2D eigenvalue weighted by atomic mass is 16.7. The van der Waals surface area contributed by atoms with Gasteiger partial charge in [-0.05, 0) is 26.2 Å². The number of rotatable bonds is 4. The minimum atomic E-state index is -1.59. The predicted molar refractivity (Wildman–Crippen MR) is 120 cm³/mol. The molecule has 2 saturated carbocycles. The first kappa shape index (κ1) is 27.1. The third-order valence-electron chi connectivity index (χ3n) is 9.02. The molecule has 3 aliphatic heterocycles. The van der Waals surface area contributed by atoms with Crippen molar-refractivity contribution in [1.82, 2.24) is 0 Å². The van der Waals surface area contributed by atoms with Crippen LogP contribution in [0.15, 0.2) is 0 Å². The summed E-state index contributed by atoms with van der Waals surface area (Å²) < 4.78 is 23.3. The highest BCUT2D eigenvalue weighted by Crippen LogP contribution is 2.49. The highest BCUT2D eigenvalue weighted by Gasteiger charge is 2.61. The van der Waals surface area contributed by atoms with Gasteiger partial charge in [-0.2, -0.15) is 0 Å². The fourth-order valence-corrected chi connectivity index (χ4v) is 7.32. The Balaban J connectivity index is 1.46. The van der Waals surface area contributed by atoms with E-state index >= 15 is 0 Å². The molecule has 0 amide bonds. The summed E-state index contributed by atoms with van der Waals surface area (Å²) in [5.74, 6) is -0.531. The molecule has 10 unspecified atom stereocenters. The summed E-state index contributed by atoms with van der Waals surface area (Å²) in [5, 5.41) is 82.2. The van der Waals surface area contributed by atoms with Crippen LogP contribution < -0.4 is 0 Å². The van der Waals surface area contributed by atoms with Gasteiger partial charge in [0, 0.05) is 24.7 Å². The fourth-order valence-electron chi connectivity index (χ4n) is 7.32. The van der Waals surface area contributed by atoms with Crippen molar-refractivity contribution in [2.75, 3.05) is 6.61 Å². The van der Waals surface area contributed by atoms with E-state index in [1.807, 2.05) is 6.92 Å². The zero-order valence-corrected chi connectivity index (χ0v) is 20.3. The first-order chi connectivity index (χ1) is 17.1. The van der Waals surface area contributed by atoms with Gasteiger partial charge in [0.2, 0.25) is 0 Å². The van der Waals surface area contributed by atoms with Crippen molar-refractivity contribution in [3.63, 3.8) is 0 Å². The Labute approximate surface area is 209 Å². The van der Waals surface area contributed by atoms with Crippen molar-refractivity contribution in [3.05, 3.63) is 0 Å². The zero-order valence-electron chi connectivity index (χ0n) is 20.3. The molecule has 0 spiro atoms. The van der Waals surface area contributed by atoms with E-state index in [0.29, 0.717) is 19.3 Å². The molecule has 3 saturated heterocycles. The van der Waals surface area contributed by atoms with E-state index in [2.05, 4.69) is 0 Å². The molecule has 208 valence electrons. The molecule has 12 nitrogen and oxygen atoms in total. The van der Waals surface area contributed by atoms with Gasteiger partial charge in [-0.1, -0.05) is 0 Å². The number of hydrogen-bond acceptors (Lipinski definition) is 11. The maximum Gasteiger partial charge on any atom is 0.187 e. The van der Waals surface area contributed by atoms with Gasteiger partial charge in [0.05, 0.1) is 43.0 Å². The largest absolute Gasteiger partial charge is 0.427 e. The summed E-state index contributed by atoms with van der Waals surface area (Å²) in [6.07, 6.45) is -11.2. The number of ether oxygens (including phenoxy) is 4. The molecular formula is C24H41O12+. The molecule has 2 aliphatic carbocycles. The van der Waals surface area contributed by atoms with Gasteiger partial charge in [0.1, 0.15) is 36.6 Å². The molecule has 5 aliphatic rings. The van der Waals surface area contributed by atoms with Crippen molar-refractivity contribution in [3.8, 4) is 0 Å². The smallest absolute Gasteiger partial charge is 0.187 e. The van der Waals surface area contributed by atoms with Gasteiger partial charge in [0.25, 0.3) is 0 Å². The van der Waals surface area contributed by atoms with Crippen molar-refractivity contribution < 1.29 is 59.8 Å². The Morgan fingerprint density at radius 1 is 0.806 bits per heavy atom. The molecule has 0 aromatic rings. The lowest BCUT2D eigenvalue weighted by Crippen LogP contribution is -2.68. The summed E-state index contributed by atoms with van der Waals surface area (Å²) in [4.78, 5) is 0. The van der Waals surface area contributed by atoms with Crippen LogP contribution in [0.1, 0.15) is 39.0 Å². The number of aliphatic hydroxyl groups is 10. The molecule has 9 N–H and O–H groups in total. The van der Waals surface area contributed by atoms with Crippen LogP contribution in [0.5, 0.6) is 0 Å². The Morgan fingerprint density at radius 2 is 1.50 bits per heavy atom. The fraction of sp³-hybridized carbons (Fsp3) is 1.00. The van der Waals surface area contributed by atoms with Crippen LogP contribution in [-0.4, -0.2) is 138 Å². The molecule has 3 heterocycles. The SMILES string of the molecule is CC1CC2C(O[C@@H]3O[C@H](CO)[C@@H](O)[C@H](O)[C@H]3O)C(C3CC(O)C(O)C(O)C3)[OH+]C3CC(O)CC(O1)C32. The number of hydrogen-bond donors (Lipinski definition) is 8. The summed E-state index contributed by atoms with van der Waals surface area (Å²) >= 11 is 0. The van der Waals surface area contributed by atoms with E-state index in [1.54, 1.807) is 0 Å². The molecule has 0 bridgehead atoms. The van der Waals surface area contributed by atoms with Crippen LogP contribution in [0.4, 0.5) is 0 Å². The monoisotopic (exact) mass is 521 g/mol. The van der Waals surface area contributed by atoms with Gasteiger partial charge in [-0.25, -0.2) is 0 Å². The minimum absolute atomic E-state index is 0.0558. The molecule has 12 heteroatoms. The van der Waals surface area contributed by atoms with Gasteiger partial charge in [-0.3, -0.25) is 0 Å². The Morgan fingerprint density at radius 3 is 2.17 bits per heavy atom. The quantitative estimate of drug-likeness (QED) is 0.171. The van der Waals surface area contributed by atoms with Crippen LogP contribution in [0, 0.1) is 17.8 Å². The summed E-state index contributed by atoms with van der Waals surface area (Å²) in [5.41, 5.74) is 0. The Hall–Kier alpha value is -0.480. The van der Waals surface area contributed by atoms with E-state index in [-0.39, 0.29) is 48.9 Å². The second-order valence-corrected chi connectivity index (χ2v) is 11.4. The van der Waals surface area contributed by atoms with Crippen molar-refractivity contribution in [2.24, 2.45) is 17.8 Å². The third-order valence-corrected chi connectivity index (χ3v) is 9.02. The average Bonchev–Trinajstić information content (AvgIpc) is 2.83. The van der Waals surface area contributed by atoms with E-state index in [4.69, 9.17) is 18.9 Å². The van der Waals surface area contributed by atoms with Gasteiger partial charge in [-0.15, -0.1) is 0 Å². The second-order valence-electron chi connectivity index (χ2n) is 11.4. The standard InChI is InChI=1S/C24H40O12/c1-8-2-11-17-14(33-8)5-10(26)6-15(17)34-22(9-3-12(27)18(29)13(28)4-9)23(11)36-24-21(32)20(31)19(30)16(7-25)35-24/h8-32H,2-7H2,1H3/p+1/t8?,9?,10?,11?,12?,13?,14?,15?,16-,17?,18?,19-,20+,21-,22?,23?,24+/m1/s1. The van der Waals surface area contributed by atoms with Crippen LogP contribution in [0.2, 0.25) is 0 Å². The Bertz CT molecular complexity index is 741. The summed E-state index contributed by atoms with van der Waals surface area (Å²) in [6.45, 7) is 1.36. The second kappa shape index (κ2) is 10.6. The highest BCUT2D eigenvalue weighted by molar-refractivity contribution is 5.05. The summed E-state index contributed by atoms with van der Waals surface area (Å²) in [7, 11) is 0. The molecule has 15 atom stereocenters. The maximum absolute atomic E-state index is 10.7. The molecule has 5 rings (SSSR count). The lowest BCUT2D eigenvalue weighted by Gasteiger charge is -2.55. The molecule has 0 aromatic heterocycles. The predicted octanol–water partition coefficient (Wildman–Crippen LogP) is -3.49. The van der Waals surface area contributed by atoms with Gasteiger partial charge >= 0.3 is 0 Å². The van der Waals surface area contributed by atoms with Crippen LogP contribution >= 0.6 is 0 Å². The first-order valence-electron chi connectivity index (χ1n) is 13.1. The Kier molecular flexibility index (Phi) is 7.97. The lowest BCUT2D eigenvalue weighted by molar-refractivity contribution is -0.380. The van der Waals surface area contributed by atoms with Gasteiger partial charge in [0.15, 0.2) is 18.5 Å². The van der Waals surface area contributed by atoms with Crippen LogP contribution in [-0.2, 0) is 14.2 Å². The van der Waals surface area contributed by atoms with Crippen molar-refractivity contribution >= 4 is 0 Å². The van der Waals surface area contributed by atoms with E-state index in [1.165, 1.54) is 0 Å².